The largest absolute Gasteiger partial charge is 0.0722 e. The van der Waals surface area contributed by atoms with Crippen LogP contribution in [-0.2, 0) is 0 Å². The summed E-state index contributed by atoms with van der Waals surface area (Å²) in [6.07, 6.45) is 7.35. The SMILES string of the molecule is CCC1=Cc2c(-c3ccc(C(C)C)cc3)cccc2C1[Si](C)(C)C1C(CC)=Cc2c(-c3ccc(C(C)C)cc3)cccc21. The van der Waals surface area contributed by atoms with E-state index >= 15 is 0 Å². The van der Waals surface area contributed by atoms with Crippen molar-refractivity contribution >= 4 is 20.2 Å². The molecule has 43 heavy (non-hydrogen) atoms. The van der Waals surface area contributed by atoms with Crippen LogP contribution >= 0.6 is 0 Å². The summed E-state index contributed by atoms with van der Waals surface area (Å²) >= 11 is 0. The minimum absolute atomic E-state index is 0.516. The molecule has 0 amide bonds. The number of benzene rings is 4. The van der Waals surface area contributed by atoms with E-state index in [0.29, 0.717) is 22.9 Å². The summed E-state index contributed by atoms with van der Waals surface area (Å²) in [6.45, 7) is 19.2. The standard InChI is InChI=1S/C42H48Si/c1-9-29-25-39-35(33-21-17-31(18-22-33)27(3)4)13-11-15-37(39)41(29)43(7,8)42-30(10-2)26-40-36(14-12-16-38(40)42)34-23-19-32(20-24-34)28(5)6/h11-28,41-42H,9-10H2,1-8H3. The second-order valence-electron chi connectivity index (χ2n) is 14.0. The molecule has 0 radical (unpaired) electrons. The second kappa shape index (κ2) is 11.6. The molecular formula is C42H48Si. The third-order valence-electron chi connectivity index (χ3n) is 10.4. The molecule has 0 saturated heterocycles. The molecule has 2 unspecified atom stereocenters. The molecule has 2 atom stereocenters. The average molecular weight is 581 g/mol. The van der Waals surface area contributed by atoms with Crippen molar-refractivity contribution in [2.24, 2.45) is 0 Å². The van der Waals surface area contributed by atoms with Crippen molar-refractivity contribution in [3.05, 3.63) is 129 Å². The highest BCUT2D eigenvalue weighted by molar-refractivity contribution is 6.81. The fourth-order valence-corrected chi connectivity index (χ4v) is 13.0. The quantitative estimate of drug-likeness (QED) is 0.182. The van der Waals surface area contributed by atoms with Crippen LogP contribution < -0.4 is 0 Å². The van der Waals surface area contributed by atoms with Crippen LogP contribution in [0.1, 0.15) is 111 Å². The minimum Gasteiger partial charge on any atom is -0.0679 e. The molecule has 4 aromatic rings. The van der Waals surface area contributed by atoms with Gasteiger partial charge >= 0.3 is 0 Å². The van der Waals surface area contributed by atoms with E-state index < -0.39 is 8.07 Å². The lowest BCUT2D eigenvalue weighted by atomic mass is 9.94. The van der Waals surface area contributed by atoms with Gasteiger partial charge in [-0.15, -0.1) is 0 Å². The molecule has 2 aliphatic rings. The molecular weight excluding hydrogens is 533 g/mol. The van der Waals surface area contributed by atoms with Crippen molar-refractivity contribution < 1.29 is 0 Å². The monoisotopic (exact) mass is 580 g/mol. The molecule has 0 N–H and O–H groups in total. The molecule has 0 fully saturated rings. The zero-order valence-corrected chi connectivity index (χ0v) is 28.5. The highest BCUT2D eigenvalue weighted by atomic mass is 28.3. The average Bonchev–Trinajstić information content (AvgIpc) is 3.60. The summed E-state index contributed by atoms with van der Waals surface area (Å²) in [5, 5.41) is 0. The number of fused-ring (bicyclic) bond motifs is 2. The van der Waals surface area contributed by atoms with Crippen LogP contribution in [-0.4, -0.2) is 8.07 Å². The van der Waals surface area contributed by atoms with Crippen molar-refractivity contribution in [2.75, 3.05) is 0 Å². The predicted octanol–water partition coefficient (Wildman–Crippen LogP) is 12.5. The lowest BCUT2D eigenvalue weighted by Crippen LogP contribution is -2.42. The maximum absolute atomic E-state index is 2.67. The van der Waals surface area contributed by atoms with Crippen LogP contribution in [0.5, 0.6) is 0 Å². The predicted molar refractivity (Wildman–Crippen MR) is 191 cm³/mol. The second-order valence-corrected chi connectivity index (χ2v) is 18.8. The first-order valence-electron chi connectivity index (χ1n) is 16.5. The van der Waals surface area contributed by atoms with Gasteiger partial charge in [-0.25, -0.2) is 0 Å². The van der Waals surface area contributed by atoms with Crippen molar-refractivity contribution in [2.45, 2.75) is 90.4 Å². The maximum atomic E-state index is 2.67. The zero-order valence-electron chi connectivity index (χ0n) is 27.5. The lowest BCUT2D eigenvalue weighted by Gasteiger charge is -2.40. The molecule has 6 rings (SSSR count). The summed E-state index contributed by atoms with van der Waals surface area (Å²) in [5.74, 6) is 1.10. The van der Waals surface area contributed by atoms with Crippen molar-refractivity contribution in [1.29, 1.82) is 0 Å². The van der Waals surface area contributed by atoms with E-state index in [-0.39, 0.29) is 0 Å². The van der Waals surface area contributed by atoms with Crippen LogP contribution in [0, 0.1) is 0 Å². The number of rotatable bonds is 8. The molecule has 0 spiro atoms. The van der Waals surface area contributed by atoms with Gasteiger partial charge in [-0.05, 0) is 80.3 Å². The highest BCUT2D eigenvalue weighted by Gasteiger charge is 2.48. The van der Waals surface area contributed by atoms with E-state index in [4.69, 9.17) is 0 Å². The molecule has 2 aliphatic carbocycles. The maximum Gasteiger partial charge on any atom is 0.0722 e. The van der Waals surface area contributed by atoms with Crippen LogP contribution in [0.2, 0.25) is 13.1 Å². The molecule has 0 saturated carbocycles. The molecule has 0 nitrogen and oxygen atoms in total. The van der Waals surface area contributed by atoms with Crippen molar-refractivity contribution in [3.63, 3.8) is 0 Å². The fraction of sp³-hybridized carbons (Fsp3) is 0.333. The smallest absolute Gasteiger partial charge is 0.0679 e. The Balaban J connectivity index is 1.43. The fourth-order valence-electron chi connectivity index (χ4n) is 8.06. The first kappa shape index (κ1) is 29.6. The molecule has 0 bridgehead atoms. The van der Waals surface area contributed by atoms with E-state index in [0.717, 1.165) is 12.8 Å². The Kier molecular flexibility index (Phi) is 7.98. The van der Waals surface area contributed by atoms with Gasteiger partial charge in [0.2, 0.25) is 0 Å². The Hall–Kier alpha value is -3.42. The third kappa shape index (κ3) is 5.10. The van der Waals surface area contributed by atoms with Crippen LogP contribution in [0.15, 0.2) is 96.1 Å². The van der Waals surface area contributed by atoms with Crippen molar-refractivity contribution in [3.8, 4) is 22.3 Å². The first-order chi connectivity index (χ1) is 20.6. The molecule has 0 aromatic heterocycles. The van der Waals surface area contributed by atoms with Crippen LogP contribution in [0.25, 0.3) is 34.4 Å². The van der Waals surface area contributed by atoms with Gasteiger partial charge in [0, 0.05) is 11.1 Å². The topological polar surface area (TPSA) is 0 Å². The molecule has 0 aliphatic heterocycles. The molecule has 4 aromatic carbocycles. The Morgan fingerprint density at radius 1 is 0.535 bits per heavy atom. The van der Waals surface area contributed by atoms with Crippen LogP contribution in [0.3, 0.4) is 0 Å². The zero-order chi connectivity index (χ0) is 30.5. The number of hydrogen-bond acceptors (Lipinski definition) is 0. The van der Waals surface area contributed by atoms with E-state index in [1.807, 2.05) is 0 Å². The van der Waals surface area contributed by atoms with Gasteiger partial charge < -0.3 is 0 Å². The van der Waals surface area contributed by atoms with Gasteiger partial charge in [-0.2, -0.15) is 0 Å². The summed E-state index contributed by atoms with van der Waals surface area (Å²) < 4.78 is 0. The van der Waals surface area contributed by atoms with Gasteiger partial charge in [0.05, 0.1) is 8.07 Å². The Morgan fingerprint density at radius 2 is 0.907 bits per heavy atom. The number of allylic oxidation sites excluding steroid dienone is 2. The van der Waals surface area contributed by atoms with E-state index in [9.17, 15) is 0 Å². The first-order valence-corrected chi connectivity index (χ1v) is 19.7. The molecule has 0 heterocycles. The summed E-state index contributed by atoms with van der Waals surface area (Å²) in [7, 11) is -1.94. The third-order valence-corrected chi connectivity index (χ3v) is 14.7. The summed E-state index contributed by atoms with van der Waals surface area (Å²) in [4.78, 5) is 0. The number of hydrogen-bond donors (Lipinski definition) is 0. The molecule has 220 valence electrons. The Labute approximate surface area is 261 Å². The van der Waals surface area contributed by atoms with Gasteiger partial charge in [-0.1, -0.05) is 163 Å². The highest BCUT2D eigenvalue weighted by Crippen LogP contribution is 2.55. The van der Waals surface area contributed by atoms with E-state index in [1.165, 1.54) is 44.5 Å². The minimum atomic E-state index is -1.94. The van der Waals surface area contributed by atoms with Gasteiger partial charge in [0.1, 0.15) is 0 Å². The van der Waals surface area contributed by atoms with E-state index in [1.54, 1.807) is 22.3 Å². The van der Waals surface area contributed by atoms with Crippen LogP contribution in [0.4, 0.5) is 0 Å². The summed E-state index contributed by atoms with van der Waals surface area (Å²) in [5.41, 5.74) is 18.6. The molecule has 1 heteroatoms. The van der Waals surface area contributed by atoms with Crippen molar-refractivity contribution in [1.82, 2.24) is 0 Å². The van der Waals surface area contributed by atoms with Gasteiger partial charge in [0.15, 0.2) is 0 Å². The Morgan fingerprint density at radius 3 is 1.23 bits per heavy atom. The van der Waals surface area contributed by atoms with E-state index in [2.05, 4.69) is 152 Å². The summed E-state index contributed by atoms with van der Waals surface area (Å²) in [6, 6.07) is 32.8. The lowest BCUT2D eigenvalue weighted by molar-refractivity contribution is 0.867. The van der Waals surface area contributed by atoms with Gasteiger partial charge in [0.25, 0.3) is 0 Å². The van der Waals surface area contributed by atoms with Gasteiger partial charge in [-0.3, -0.25) is 0 Å². The Bertz CT molecular complexity index is 1570. The normalized spacial score (nSPS) is 17.7.